The van der Waals surface area contributed by atoms with Gasteiger partial charge < -0.3 is 4.74 Å². The lowest BCUT2D eigenvalue weighted by Gasteiger charge is -2.09. The van der Waals surface area contributed by atoms with E-state index in [9.17, 15) is 4.79 Å². The number of methoxy groups -OCH3 is 1. The zero-order chi connectivity index (χ0) is 14.1. The molecule has 0 atom stereocenters. The van der Waals surface area contributed by atoms with Crippen LogP contribution in [0.3, 0.4) is 0 Å². The van der Waals surface area contributed by atoms with Crippen LogP contribution in [0.2, 0.25) is 0 Å². The number of para-hydroxylation sites is 1. The van der Waals surface area contributed by atoms with Crippen LogP contribution in [0.5, 0.6) is 5.75 Å². The van der Waals surface area contributed by atoms with E-state index in [1.165, 1.54) is 0 Å². The summed E-state index contributed by atoms with van der Waals surface area (Å²) in [5.74, 6) is 0.719. The number of aromatic amines is 1. The lowest BCUT2D eigenvalue weighted by Crippen LogP contribution is -2.09. The summed E-state index contributed by atoms with van der Waals surface area (Å²) in [6, 6.07) is 13.1. The molecule has 4 nitrogen and oxygen atoms in total. The van der Waals surface area contributed by atoms with Gasteiger partial charge in [-0.1, -0.05) is 34.1 Å². The molecular weight excluding hydrogens is 320 g/mol. The van der Waals surface area contributed by atoms with E-state index in [-0.39, 0.29) is 5.56 Å². The number of rotatable bonds is 2. The molecule has 0 saturated heterocycles. The Balaban J connectivity index is 2.38. The van der Waals surface area contributed by atoms with Crippen LogP contribution < -0.4 is 10.3 Å². The van der Waals surface area contributed by atoms with E-state index >= 15 is 0 Å². The van der Waals surface area contributed by atoms with Gasteiger partial charge >= 0.3 is 0 Å². The Morgan fingerprint density at radius 1 is 1.15 bits per heavy atom. The zero-order valence-electron chi connectivity index (χ0n) is 10.7. The van der Waals surface area contributed by atoms with Crippen molar-refractivity contribution in [1.29, 1.82) is 0 Å². The zero-order valence-corrected chi connectivity index (χ0v) is 12.3. The van der Waals surface area contributed by atoms with Crippen LogP contribution in [0.15, 0.2) is 51.7 Å². The van der Waals surface area contributed by atoms with Gasteiger partial charge in [-0.25, -0.2) is 5.10 Å². The fourth-order valence-corrected chi connectivity index (χ4v) is 2.54. The van der Waals surface area contributed by atoms with Crippen LogP contribution in [0.4, 0.5) is 0 Å². The standard InChI is InChI=1S/C15H11BrN2O2/c1-20-13-5-3-2-4-11(13)14-10-7-6-9(16)8-12(10)15(19)18-17-14/h2-8H,1H3,(H,18,19). The molecule has 0 fully saturated rings. The predicted octanol–water partition coefficient (Wildman–Crippen LogP) is 3.36. The highest BCUT2D eigenvalue weighted by Gasteiger charge is 2.12. The van der Waals surface area contributed by atoms with Crippen molar-refractivity contribution in [2.45, 2.75) is 0 Å². The SMILES string of the molecule is COc1ccccc1-c1n[nH]c(=O)c2cc(Br)ccc12. The highest BCUT2D eigenvalue weighted by molar-refractivity contribution is 9.10. The Bertz CT molecular complexity index is 843. The van der Waals surface area contributed by atoms with Crippen LogP contribution in [-0.2, 0) is 0 Å². The van der Waals surface area contributed by atoms with E-state index in [1.54, 1.807) is 13.2 Å². The largest absolute Gasteiger partial charge is 0.496 e. The fourth-order valence-electron chi connectivity index (χ4n) is 2.18. The lowest BCUT2D eigenvalue weighted by molar-refractivity contribution is 0.416. The molecule has 3 rings (SSSR count). The van der Waals surface area contributed by atoms with Crippen molar-refractivity contribution < 1.29 is 4.74 Å². The number of hydrogen-bond donors (Lipinski definition) is 1. The van der Waals surface area contributed by atoms with Gasteiger partial charge in [0.15, 0.2) is 0 Å². The first-order chi connectivity index (χ1) is 9.70. The van der Waals surface area contributed by atoms with E-state index in [0.717, 1.165) is 21.2 Å². The normalized spacial score (nSPS) is 10.7. The minimum absolute atomic E-state index is 0.208. The highest BCUT2D eigenvalue weighted by Crippen LogP contribution is 2.32. The minimum Gasteiger partial charge on any atom is -0.496 e. The first-order valence-corrected chi connectivity index (χ1v) is 6.81. The monoisotopic (exact) mass is 330 g/mol. The van der Waals surface area contributed by atoms with Crippen LogP contribution in [0.25, 0.3) is 22.0 Å². The number of aromatic nitrogens is 2. The molecule has 0 bridgehead atoms. The number of hydrogen-bond acceptors (Lipinski definition) is 3. The third-order valence-electron chi connectivity index (χ3n) is 3.11. The molecule has 0 aliphatic rings. The Kier molecular flexibility index (Phi) is 3.28. The molecular formula is C15H11BrN2O2. The maximum Gasteiger partial charge on any atom is 0.272 e. The molecule has 1 aromatic heterocycles. The molecule has 0 aliphatic heterocycles. The van der Waals surface area contributed by atoms with Crippen LogP contribution >= 0.6 is 15.9 Å². The third kappa shape index (κ3) is 2.10. The summed E-state index contributed by atoms with van der Waals surface area (Å²) in [6.45, 7) is 0. The van der Waals surface area contributed by atoms with Gasteiger partial charge in [-0.2, -0.15) is 5.10 Å². The van der Waals surface area contributed by atoms with E-state index in [4.69, 9.17) is 4.74 Å². The van der Waals surface area contributed by atoms with Crippen LogP contribution in [0, 0.1) is 0 Å². The Labute approximate surface area is 123 Å². The maximum atomic E-state index is 11.9. The van der Waals surface area contributed by atoms with Gasteiger partial charge in [0, 0.05) is 15.4 Å². The molecule has 3 aromatic rings. The van der Waals surface area contributed by atoms with Gasteiger partial charge in [0.1, 0.15) is 11.4 Å². The summed E-state index contributed by atoms with van der Waals surface area (Å²) in [6.07, 6.45) is 0. The van der Waals surface area contributed by atoms with Crippen molar-refractivity contribution in [2.75, 3.05) is 7.11 Å². The second-order valence-corrected chi connectivity index (χ2v) is 5.21. The molecule has 0 aliphatic carbocycles. The summed E-state index contributed by atoms with van der Waals surface area (Å²) < 4.78 is 6.22. The average molecular weight is 331 g/mol. The third-order valence-corrected chi connectivity index (χ3v) is 3.61. The molecule has 0 amide bonds. The number of H-pyrrole nitrogens is 1. The quantitative estimate of drug-likeness (QED) is 0.783. The van der Waals surface area contributed by atoms with Crippen molar-refractivity contribution in [3.8, 4) is 17.0 Å². The summed E-state index contributed by atoms with van der Waals surface area (Å²) in [7, 11) is 1.61. The maximum absolute atomic E-state index is 11.9. The molecule has 2 aromatic carbocycles. The van der Waals surface area contributed by atoms with Crippen molar-refractivity contribution >= 4 is 26.7 Å². The van der Waals surface area contributed by atoms with Gasteiger partial charge in [-0.05, 0) is 24.3 Å². The predicted molar refractivity (Wildman–Crippen MR) is 82.1 cm³/mol. The minimum atomic E-state index is -0.208. The van der Waals surface area contributed by atoms with Gasteiger partial charge in [0.25, 0.3) is 5.56 Å². The number of ether oxygens (including phenoxy) is 1. The second-order valence-electron chi connectivity index (χ2n) is 4.29. The summed E-state index contributed by atoms with van der Waals surface area (Å²) in [5, 5.41) is 8.11. The first kappa shape index (κ1) is 12.9. The van der Waals surface area contributed by atoms with E-state index in [2.05, 4.69) is 26.1 Å². The Morgan fingerprint density at radius 3 is 2.75 bits per heavy atom. The second kappa shape index (κ2) is 5.09. The van der Waals surface area contributed by atoms with Crippen molar-refractivity contribution in [3.05, 3.63) is 57.3 Å². The molecule has 5 heteroatoms. The molecule has 20 heavy (non-hydrogen) atoms. The molecule has 0 saturated carbocycles. The van der Waals surface area contributed by atoms with E-state index in [1.807, 2.05) is 36.4 Å². The van der Waals surface area contributed by atoms with E-state index in [0.29, 0.717) is 11.1 Å². The van der Waals surface area contributed by atoms with Crippen LogP contribution in [0.1, 0.15) is 0 Å². The molecule has 1 heterocycles. The van der Waals surface area contributed by atoms with Gasteiger partial charge in [0.2, 0.25) is 0 Å². The summed E-state index contributed by atoms with van der Waals surface area (Å²) >= 11 is 3.38. The van der Waals surface area contributed by atoms with Crippen LogP contribution in [-0.4, -0.2) is 17.3 Å². The van der Waals surface area contributed by atoms with Gasteiger partial charge in [0.05, 0.1) is 12.5 Å². The topological polar surface area (TPSA) is 55.0 Å². The number of nitrogens with zero attached hydrogens (tertiary/aromatic N) is 1. The molecule has 0 radical (unpaired) electrons. The lowest BCUT2D eigenvalue weighted by atomic mass is 10.0. The fraction of sp³-hybridized carbons (Fsp3) is 0.0667. The molecule has 0 spiro atoms. The highest BCUT2D eigenvalue weighted by atomic mass is 79.9. The van der Waals surface area contributed by atoms with Gasteiger partial charge in [-0.15, -0.1) is 0 Å². The van der Waals surface area contributed by atoms with Crippen molar-refractivity contribution in [2.24, 2.45) is 0 Å². The number of fused-ring (bicyclic) bond motifs is 1. The number of benzene rings is 2. The summed E-state index contributed by atoms with van der Waals surface area (Å²) in [4.78, 5) is 11.9. The Morgan fingerprint density at radius 2 is 1.95 bits per heavy atom. The number of halogens is 1. The molecule has 1 N–H and O–H groups in total. The number of nitrogens with one attached hydrogen (secondary N) is 1. The van der Waals surface area contributed by atoms with Crippen molar-refractivity contribution in [3.63, 3.8) is 0 Å². The summed E-state index contributed by atoms with van der Waals surface area (Å²) in [5.41, 5.74) is 1.34. The molecule has 0 unspecified atom stereocenters. The van der Waals surface area contributed by atoms with Gasteiger partial charge in [-0.3, -0.25) is 4.79 Å². The molecule has 100 valence electrons. The Hall–Kier alpha value is -2.14. The smallest absolute Gasteiger partial charge is 0.272 e. The van der Waals surface area contributed by atoms with E-state index < -0.39 is 0 Å². The first-order valence-electron chi connectivity index (χ1n) is 6.02. The average Bonchev–Trinajstić information content (AvgIpc) is 2.48. The van der Waals surface area contributed by atoms with Crippen molar-refractivity contribution in [1.82, 2.24) is 10.2 Å².